The number of nitrogens with one attached hydrogen (secondary N) is 2. The SMILES string of the molecule is CC1(C)[C@H]2CC=C(COC[C@H](O)CNCCNC[C@@H](O)COCC3=CC[C@H]4C[C@H]3C4(C)C)[C@H]1C2. The molecule has 34 heavy (non-hydrogen) atoms. The zero-order valence-corrected chi connectivity index (χ0v) is 21.8. The van der Waals surface area contributed by atoms with Crippen LogP contribution in [0.2, 0.25) is 0 Å². The minimum atomic E-state index is -0.504. The van der Waals surface area contributed by atoms with Crippen molar-refractivity contribution in [1.82, 2.24) is 10.6 Å². The Kier molecular flexibility index (Phi) is 8.59. The highest BCUT2D eigenvalue weighted by atomic mass is 16.5. The quantitative estimate of drug-likeness (QED) is 0.215. The van der Waals surface area contributed by atoms with Crippen LogP contribution in [0.15, 0.2) is 23.3 Å². The van der Waals surface area contributed by atoms with Gasteiger partial charge in [-0.05, 0) is 71.3 Å². The molecule has 194 valence electrons. The molecule has 0 aromatic heterocycles. The Morgan fingerprint density at radius 3 is 1.56 bits per heavy atom. The molecule has 2 fully saturated rings. The van der Waals surface area contributed by atoms with E-state index < -0.39 is 12.2 Å². The van der Waals surface area contributed by atoms with Gasteiger partial charge in [-0.3, -0.25) is 0 Å². The third-order valence-electron chi connectivity index (χ3n) is 9.56. The van der Waals surface area contributed by atoms with Gasteiger partial charge < -0.3 is 30.3 Å². The Labute approximate surface area is 206 Å². The van der Waals surface area contributed by atoms with Crippen LogP contribution in [0.1, 0.15) is 53.4 Å². The molecule has 6 rings (SSSR count). The second-order valence-corrected chi connectivity index (χ2v) is 12.4. The van der Waals surface area contributed by atoms with Gasteiger partial charge >= 0.3 is 0 Å². The minimum Gasteiger partial charge on any atom is -0.389 e. The molecule has 4 bridgehead atoms. The molecule has 0 spiro atoms. The second-order valence-electron chi connectivity index (χ2n) is 12.4. The fourth-order valence-corrected chi connectivity index (χ4v) is 6.74. The van der Waals surface area contributed by atoms with Gasteiger partial charge in [-0.15, -0.1) is 0 Å². The van der Waals surface area contributed by atoms with Crippen LogP contribution in [0.4, 0.5) is 0 Å². The molecule has 0 aliphatic heterocycles. The average molecular weight is 477 g/mol. The summed E-state index contributed by atoms with van der Waals surface area (Å²) in [4.78, 5) is 0. The number of hydrogen-bond acceptors (Lipinski definition) is 6. The average Bonchev–Trinajstić information content (AvgIpc) is 2.81. The second kappa shape index (κ2) is 11.1. The predicted molar refractivity (Wildman–Crippen MR) is 136 cm³/mol. The zero-order chi connectivity index (χ0) is 24.3. The number of allylic oxidation sites excluding steroid dienone is 2. The standard InChI is InChI=1S/C28H48N2O4/c1-27(2)21-7-5-19(25(27)11-21)15-33-17-23(31)13-29-9-10-30-14-24(32)18-34-16-20-6-8-22-12-26(20)28(22,3)4/h5-6,21-26,29-32H,7-18H2,1-4H3/t21-,22-,23+,24+,25+,26+/m0/s1. The van der Waals surface area contributed by atoms with Crippen LogP contribution in [-0.2, 0) is 9.47 Å². The van der Waals surface area contributed by atoms with Crippen molar-refractivity contribution in [2.75, 3.05) is 52.6 Å². The van der Waals surface area contributed by atoms with Crippen LogP contribution >= 0.6 is 0 Å². The number of fused-ring (bicyclic) bond motifs is 2. The number of aliphatic hydroxyl groups excluding tert-OH is 2. The van der Waals surface area contributed by atoms with E-state index >= 15 is 0 Å². The lowest BCUT2D eigenvalue weighted by Gasteiger charge is -2.56. The van der Waals surface area contributed by atoms with Crippen molar-refractivity contribution in [3.63, 3.8) is 0 Å². The van der Waals surface area contributed by atoms with E-state index in [1.165, 1.54) is 36.8 Å². The summed E-state index contributed by atoms with van der Waals surface area (Å²) in [6, 6.07) is 0. The number of rotatable bonds is 15. The molecular weight excluding hydrogens is 428 g/mol. The summed E-state index contributed by atoms with van der Waals surface area (Å²) in [5.74, 6) is 3.01. The summed E-state index contributed by atoms with van der Waals surface area (Å²) in [5.41, 5.74) is 3.70. The summed E-state index contributed by atoms with van der Waals surface area (Å²) >= 11 is 0. The van der Waals surface area contributed by atoms with Crippen molar-refractivity contribution in [2.45, 2.75) is 65.6 Å². The van der Waals surface area contributed by atoms with E-state index in [1.807, 2.05) is 0 Å². The predicted octanol–water partition coefficient (Wildman–Crippen LogP) is 2.91. The van der Waals surface area contributed by atoms with Crippen molar-refractivity contribution in [1.29, 1.82) is 0 Å². The Bertz CT molecular complexity index is 685. The van der Waals surface area contributed by atoms with Gasteiger partial charge in [0.2, 0.25) is 0 Å². The molecule has 0 saturated heterocycles. The van der Waals surface area contributed by atoms with Crippen molar-refractivity contribution >= 4 is 0 Å². The molecule has 6 aliphatic rings. The molecule has 4 N–H and O–H groups in total. The third kappa shape index (κ3) is 5.79. The Hall–Kier alpha value is -0.760. The molecule has 6 nitrogen and oxygen atoms in total. The molecule has 6 aliphatic carbocycles. The van der Waals surface area contributed by atoms with Crippen LogP contribution < -0.4 is 10.6 Å². The van der Waals surface area contributed by atoms with Gasteiger partial charge in [0.25, 0.3) is 0 Å². The Morgan fingerprint density at radius 2 is 1.21 bits per heavy atom. The van der Waals surface area contributed by atoms with Crippen LogP contribution in [0.3, 0.4) is 0 Å². The highest BCUT2D eigenvalue weighted by Crippen LogP contribution is 2.60. The normalized spacial score (nSPS) is 32.2. The van der Waals surface area contributed by atoms with E-state index in [0.717, 1.165) is 24.9 Å². The molecule has 0 aromatic rings. The minimum absolute atomic E-state index is 0.361. The van der Waals surface area contributed by atoms with Crippen LogP contribution in [0.5, 0.6) is 0 Å². The van der Waals surface area contributed by atoms with Gasteiger partial charge in [0.05, 0.1) is 38.6 Å². The highest BCUT2D eigenvalue weighted by Gasteiger charge is 2.51. The number of hydrogen-bond donors (Lipinski definition) is 4. The fraction of sp³-hybridized carbons (Fsp3) is 0.857. The van der Waals surface area contributed by atoms with Crippen molar-refractivity contribution < 1.29 is 19.7 Å². The van der Waals surface area contributed by atoms with Gasteiger partial charge in [-0.1, -0.05) is 39.8 Å². The zero-order valence-electron chi connectivity index (χ0n) is 21.8. The van der Waals surface area contributed by atoms with E-state index in [4.69, 9.17) is 9.47 Å². The lowest BCUT2D eigenvalue weighted by atomic mass is 9.49. The molecule has 0 unspecified atom stereocenters. The number of ether oxygens (including phenoxy) is 2. The van der Waals surface area contributed by atoms with Gasteiger partial charge in [-0.25, -0.2) is 0 Å². The van der Waals surface area contributed by atoms with E-state index in [1.54, 1.807) is 0 Å². The van der Waals surface area contributed by atoms with E-state index in [-0.39, 0.29) is 0 Å². The smallest absolute Gasteiger partial charge is 0.0897 e. The van der Waals surface area contributed by atoms with Crippen LogP contribution in [0, 0.1) is 34.5 Å². The van der Waals surface area contributed by atoms with Crippen LogP contribution in [-0.4, -0.2) is 75.0 Å². The van der Waals surface area contributed by atoms with Gasteiger partial charge in [0, 0.05) is 26.2 Å². The van der Waals surface area contributed by atoms with Gasteiger partial charge in [-0.2, -0.15) is 0 Å². The summed E-state index contributed by atoms with van der Waals surface area (Å²) in [7, 11) is 0. The van der Waals surface area contributed by atoms with Gasteiger partial charge in [0.1, 0.15) is 0 Å². The Balaban J connectivity index is 0.968. The summed E-state index contributed by atoms with van der Waals surface area (Å²) in [6.07, 6.45) is 8.67. The Morgan fingerprint density at radius 1 is 0.794 bits per heavy atom. The summed E-state index contributed by atoms with van der Waals surface area (Å²) in [6.45, 7) is 14.0. The third-order valence-corrected chi connectivity index (χ3v) is 9.56. The molecule has 0 radical (unpaired) electrons. The lowest BCUT2D eigenvalue weighted by molar-refractivity contribution is -0.0237. The largest absolute Gasteiger partial charge is 0.389 e. The van der Waals surface area contributed by atoms with E-state index in [2.05, 4.69) is 50.5 Å². The van der Waals surface area contributed by atoms with Crippen molar-refractivity contribution in [2.24, 2.45) is 34.5 Å². The molecule has 6 heteroatoms. The highest BCUT2D eigenvalue weighted by molar-refractivity contribution is 5.24. The molecule has 2 saturated carbocycles. The molecule has 0 heterocycles. The summed E-state index contributed by atoms with van der Waals surface area (Å²) < 4.78 is 11.6. The fourth-order valence-electron chi connectivity index (χ4n) is 6.74. The van der Waals surface area contributed by atoms with Crippen LogP contribution in [0.25, 0.3) is 0 Å². The topological polar surface area (TPSA) is 83.0 Å². The van der Waals surface area contributed by atoms with Crippen molar-refractivity contribution in [3.05, 3.63) is 23.3 Å². The van der Waals surface area contributed by atoms with E-state index in [9.17, 15) is 10.2 Å². The lowest BCUT2D eigenvalue weighted by Crippen LogP contribution is -2.48. The maximum atomic E-state index is 10.2. The monoisotopic (exact) mass is 476 g/mol. The maximum Gasteiger partial charge on any atom is 0.0897 e. The molecule has 6 atom stereocenters. The molecule has 0 aromatic carbocycles. The first-order valence-corrected chi connectivity index (χ1v) is 13.5. The first kappa shape index (κ1) is 26.3. The number of aliphatic hydroxyl groups is 2. The maximum absolute atomic E-state index is 10.2. The first-order valence-electron chi connectivity index (χ1n) is 13.5. The molecule has 0 amide bonds. The first-order chi connectivity index (χ1) is 16.2. The summed E-state index contributed by atoms with van der Waals surface area (Å²) in [5, 5.41) is 26.8. The molecular formula is C28H48N2O4. The van der Waals surface area contributed by atoms with Gasteiger partial charge in [0.15, 0.2) is 0 Å². The van der Waals surface area contributed by atoms with Crippen molar-refractivity contribution in [3.8, 4) is 0 Å². The van der Waals surface area contributed by atoms with E-state index in [0.29, 0.717) is 62.2 Å².